The summed E-state index contributed by atoms with van der Waals surface area (Å²) < 4.78 is 53.0. The summed E-state index contributed by atoms with van der Waals surface area (Å²) in [6.07, 6.45) is -2.89. The number of hydrogen-bond acceptors (Lipinski definition) is 5. The van der Waals surface area contributed by atoms with E-state index in [4.69, 9.17) is 16.7 Å². The molecule has 0 saturated heterocycles. The lowest BCUT2D eigenvalue weighted by molar-refractivity contribution is -0.137. The number of aliphatic hydroxyl groups is 1. The van der Waals surface area contributed by atoms with Gasteiger partial charge in [0.1, 0.15) is 5.82 Å². The first-order valence-corrected chi connectivity index (χ1v) is 10.7. The van der Waals surface area contributed by atoms with Crippen LogP contribution in [0.5, 0.6) is 0 Å². The summed E-state index contributed by atoms with van der Waals surface area (Å²) >= 11 is 6.58. The zero-order chi connectivity index (χ0) is 24.5. The van der Waals surface area contributed by atoms with Crippen LogP contribution < -0.4 is 10.2 Å². The van der Waals surface area contributed by atoms with Crippen molar-refractivity contribution in [3.05, 3.63) is 81.3 Å². The van der Waals surface area contributed by atoms with E-state index < -0.39 is 17.6 Å². The summed E-state index contributed by atoms with van der Waals surface area (Å²) in [5.74, 6) is -1.02. The van der Waals surface area contributed by atoms with Crippen molar-refractivity contribution >= 4 is 29.0 Å². The Bertz CT molecular complexity index is 1240. The highest BCUT2D eigenvalue weighted by atomic mass is 35.5. The fourth-order valence-electron chi connectivity index (χ4n) is 3.96. The minimum absolute atomic E-state index is 0.0769. The van der Waals surface area contributed by atoms with E-state index in [2.05, 4.69) is 15.5 Å². The molecule has 0 bridgehead atoms. The topological polar surface area (TPSA) is 78.4 Å². The Hall–Kier alpha value is -3.24. The predicted molar refractivity (Wildman–Crippen MR) is 118 cm³/mol. The maximum atomic E-state index is 13.8. The zero-order valence-corrected chi connectivity index (χ0v) is 18.4. The van der Waals surface area contributed by atoms with Crippen LogP contribution in [0, 0.1) is 5.82 Å². The summed E-state index contributed by atoms with van der Waals surface area (Å²) in [5.41, 5.74) is 1.35. The summed E-state index contributed by atoms with van der Waals surface area (Å²) in [6.45, 7) is 0.401. The van der Waals surface area contributed by atoms with E-state index in [0.717, 1.165) is 17.7 Å². The monoisotopic (exact) mass is 494 g/mol. The molecule has 1 aliphatic rings. The molecule has 11 heteroatoms. The Morgan fingerprint density at radius 2 is 2.03 bits per heavy atom. The van der Waals surface area contributed by atoms with Crippen LogP contribution in [0.15, 0.2) is 42.6 Å². The van der Waals surface area contributed by atoms with E-state index in [1.807, 2.05) is 0 Å². The lowest BCUT2D eigenvalue weighted by Crippen LogP contribution is -2.27. The predicted octanol–water partition coefficient (Wildman–Crippen LogP) is 4.30. The Kier molecular flexibility index (Phi) is 6.72. The van der Waals surface area contributed by atoms with Gasteiger partial charge in [-0.25, -0.2) is 4.39 Å². The molecule has 2 heterocycles. The van der Waals surface area contributed by atoms with Crippen molar-refractivity contribution in [1.82, 2.24) is 15.5 Å². The van der Waals surface area contributed by atoms with Crippen LogP contribution in [0.1, 0.15) is 32.6 Å². The molecule has 3 aromatic rings. The number of hydrogen-bond donors (Lipinski definition) is 2. The van der Waals surface area contributed by atoms with E-state index in [1.165, 1.54) is 6.20 Å². The quantitative estimate of drug-likeness (QED) is 0.500. The number of halogens is 5. The number of carbonyl (C=O) groups is 1. The summed E-state index contributed by atoms with van der Waals surface area (Å²) in [4.78, 5) is 14.2. The van der Waals surface area contributed by atoms with E-state index in [0.29, 0.717) is 41.7 Å². The van der Waals surface area contributed by atoms with E-state index in [1.54, 1.807) is 23.1 Å². The number of benzene rings is 2. The van der Waals surface area contributed by atoms with Crippen molar-refractivity contribution in [2.45, 2.75) is 19.0 Å². The second kappa shape index (κ2) is 9.55. The normalized spacial score (nSPS) is 13.2. The van der Waals surface area contributed by atoms with Crippen LogP contribution in [0.25, 0.3) is 0 Å². The molecule has 34 heavy (non-hydrogen) atoms. The molecule has 4 rings (SSSR count). The minimum atomic E-state index is -4.68. The molecule has 178 valence electrons. The van der Waals surface area contributed by atoms with E-state index >= 15 is 0 Å². The van der Waals surface area contributed by atoms with Gasteiger partial charge in [0.15, 0.2) is 5.82 Å². The maximum absolute atomic E-state index is 13.8. The van der Waals surface area contributed by atoms with Gasteiger partial charge in [0, 0.05) is 30.8 Å². The number of fused-ring (bicyclic) bond motifs is 1. The number of anilines is 2. The van der Waals surface area contributed by atoms with Gasteiger partial charge in [0.25, 0.3) is 5.91 Å². The number of aromatic nitrogens is 2. The Morgan fingerprint density at radius 1 is 1.24 bits per heavy atom. The molecule has 2 N–H and O–H groups in total. The lowest BCUT2D eigenvalue weighted by atomic mass is 10.0. The molecule has 1 aromatic heterocycles. The summed E-state index contributed by atoms with van der Waals surface area (Å²) in [7, 11) is 0. The number of nitrogens with one attached hydrogen (secondary N) is 1. The molecule has 0 unspecified atom stereocenters. The number of nitrogens with zero attached hydrogens (tertiary/aromatic N) is 3. The maximum Gasteiger partial charge on any atom is 0.416 e. The molecule has 1 aliphatic heterocycles. The molecular formula is C23H19ClF4N4O2. The van der Waals surface area contributed by atoms with Crippen LogP contribution in [0.3, 0.4) is 0 Å². The Balaban J connectivity index is 1.65. The molecule has 0 aliphatic carbocycles. The van der Waals surface area contributed by atoms with Crippen LogP contribution in [-0.2, 0) is 19.0 Å². The van der Waals surface area contributed by atoms with Gasteiger partial charge in [0.2, 0.25) is 0 Å². The first kappa shape index (κ1) is 23.9. The zero-order valence-electron chi connectivity index (χ0n) is 17.7. The van der Waals surface area contributed by atoms with Gasteiger partial charge in [-0.3, -0.25) is 4.79 Å². The fraction of sp³-hybridized carbons (Fsp3) is 0.261. The smallest absolute Gasteiger partial charge is 0.395 e. The molecule has 0 fully saturated rings. The van der Waals surface area contributed by atoms with Crippen molar-refractivity contribution in [3.8, 4) is 0 Å². The van der Waals surface area contributed by atoms with Gasteiger partial charge in [0.05, 0.1) is 23.4 Å². The molecule has 0 saturated carbocycles. The van der Waals surface area contributed by atoms with Crippen molar-refractivity contribution in [2.24, 2.45) is 0 Å². The van der Waals surface area contributed by atoms with Gasteiger partial charge >= 0.3 is 6.18 Å². The van der Waals surface area contributed by atoms with E-state index in [-0.39, 0.29) is 36.1 Å². The molecule has 6 nitrogen and oxygen atoms in total. The Morgan fingerprint density at radius 3 is 2.76 bits per heavy atom. The van der Waals surface area contributed by atoms with E-state index in [9.17, 15) is 22.4 Å². The van der Waals surface area contributed by atoms with Crippen molar-refractivity contribution in [2.75, 3.05) is 24.6 Å². The number of aliphatic hydroxyl groups excluding tert-OH is 1. The summed E-state index contributed by atoms with van der Waals surface area (Å²) in [6, 6.07) is 7.54. The van der Waals surface area contributed by atoms with Crippen LogP contribution in [0.4, 0.5) is 29.1 Å². The number of alkyl halides is 3. The highest BCUT2D eigenvalue weighted by Crippen LogP contribution is 2.39. The van der Waals surface area contributed by atoms with Crippen LogP contribution in [-0.4, -0.2) is 40.9 Å². The molecule has 0 radical (unpaired) electrons. The van der Waals surface area contributed by atoms with Gasteiger partial charge in [-0.1, -0.05) is 17.7 Å². The molecule has 1 amide bonds. The summed E-state index contributed by atoms with van der Waals surface area (Å²) in [5, 5.41) is 19.8. The van der Waals surface area contributed by atoms with Crippen molar-refractivity contribution in [1.29, 1.82) is 0 Å². The first-order valence-electron chi connectivity index (χ1n) is 10.3. The van der Waals surface area contributed by atoms with Gasteiger partial charge in [-0.05, 0) is 53.4 Å². The fourth-order valence-corrected chi connectivity index (χ4v) is 4.22. The molecule has 0 atom stereocenters. The number of rotatable bonds is 6. The Labute approximate surface area is 197 Å². The average Bonchev–Trinajstić information content (AvgIpc) is 3.22. The van der Waals surface area contributed by atoms with Crippen molar-refractivity contribution in [3.63, 3.8) is 0 Å². The SMILES string of the molecule is O=C(NCCO)c1cccc2c1CCN2c1nncc(Cc2cc(F)cc(C(F)(F)F)c2)c1Cl. The third-order valence-electron chi connectivity index (χ3n) is 5.45. The van der Waals surface area contributed by atoms with Crippen LogP contribution in [0.2, 0.25) is 5.02 Å². The molecule has 2 aromatic carbocycles. The molecule has 0 spiro atoms. The lowest BCUT2D eigenvalue weighted by Gasteiger charge is -2.20. The largest absolute Gasteiger partial charge is 0.416 e. The average molecular weight is 495 g/mol. The van der Waals surface area contributed by atoms with Crippen LogP contribution >= 0.6 is 11.6 Å². The van der Waals surface area contributed by atoms with Gasteiger partial charge in [-0.15, -0.1) is 5.10 Å². The third-order valence-corrected chi connectivity index (χ3v) is 5.86. The first-order chi connectivity index (χ1) is 16.2. The van der Waals surface area contributed by atoms with Gasteiger partial charge in [-0.2, -0.15) is 18.3 Å². The second-order valence-electron chi connectivity index (χ2n) is 7.71. The van der Waals surface area contributed by atoms with Gasteiger partial charge < -0.3 is 15.3 Å². The highest BCUT2D eigenvalue weighted by molar-refractivity contribution is 6.33. The number of amides is 1. The third kappa shape index (κ3) is 4.83. The highest BCUT2D eigenvalue weighted by Gasteiger charge is 2.32. The number of carbonyl (C=O) groups excluding carboxylic acids is 1. The molecular weight excluding hydrogens is 476 g/mol. The minimum Gasteiger partial charge on any atom is -0.395 e. The second-order valence-corrected chi connectivity index (χ2v) is 8.09. The standard InChI is InChI=1S/C23H19ClF4N4O2/c24-20-14(8-13-9-15(23(26,27)28)11-16(25)10-13)12-30-31-21(20)32-6-4-17-18(2-1-3-19(17)32)22(34)29-5-7-33/h1-3,9-12,33H,4-8H2,(H,29,34). The van der Waals surface area contributed by atoms with Crippen molar-refractivity contribution < 1.29 is 27.5 Å².